The van der Waals surface area contributed by atoms with Crippen LogP contribution in [0, 0.1) is 11.8 Å². The van der Waals surface area contributed by atoms with Gasteiger partial charge in [0, 0.05) is 36.7 Å². The number of likely N-dealkylation sites (N-methyl/N-ethyl adjacent to an activating group) is 1. The number of phenols is 1. The summed E-state index contributed by atoms with van der Waals surface area (Å²) < 4.78 is 5.48. The van der Waals surface area contributed by atoms with Gasteiger partial charge in [0.05, 0.1) is 11.0 Å². The summed E-state index contributed by atoms with van der Waals surface area (Å²) >= 11 is 1.33. The number of phenolic OH excluding ortho intramolecular Hbond substituents is 1. The number of aromatic nitrogens is 1. The Kier molecular flexibility index (Phi) is 17.5. The Labute approximate surface area is 311 Å². The number of thiazole rings is 1. The van der Waals surface area contributed by atoms with Crippen molar-refractivity contribution in [1.29, 1.82) is 0 Å². The van der Waals surface area contributed by atoms with Crippen LogP contribution in [-0.4, -0.2) is 94.5 Å². The number of esters is 1. The number of ether oxygens (including phenoxy) is 1. The number of carbonyl (C=O) groups is 5. The predicted molar refractivity (Wildman–Crippen MR) is 199 cm³/mol. The number of nitrogens with two attached hydrogens (primary N) is 1. The SMILES string of the molecule is CCCC(=O)OCN(CCCc1nc(C(=O)N[C@@H](Cc2ccc(O)cc2)C[C@H](C)C(=O)NN)cs1)C(=O)C(NC(=O)[C@H]1CCCCN1C)C(C)CC. The number of amides is 4. The molecule has 1 aromatic heterocycles. The minimum Gasteiger partial charge on any atom is -0.508 e. The third kappa shape index (κ3) is 13.2. The maximum absolute atomic E-state index is 14.0. The van der Waals surface area contributed by atoms with Crippen LogP contribution in [0.3, 0.4) is 0 Å². The number of carbonyl (C=O) groups excluding carboxylic acids is 5. The van der Waals surface area contributed by atoms with Gasteiger partial charge in [0.1, 0.15) is 17.5 Å². The van der Waals surface area contributed by atoms with E-state index in [-0.39, 0.29) is 66.7 Å². The summed E-state index contributed by atoms with van der Waals surface area (Å²) in [4.78, 5) is 73.2. The second-order valence-electron chi connectivity index (χ2n) is 13.8. The molecule has 1 fully saturated rings. The zero-order valence-corrected chi connectivity index (χ0v) is 32.0. The molecule has 0 radical (unpaired) electrons. The largest absolute Gasteiger partial charge is 0.508 e. The molecular formula is C37H57N7O7S. The number of hydrogen-bond acceptors (Lipinski definition) is 11. The zero-order valence-electron chi connectivity index (χ0n) is 31.2. The smallest absolute Gasteiger partial charge is 0.307 e. The summed E-state index contributed by atoms with van der Waals surface area (Å²) in [6, 6.07) is 5.17. The fourth-order valence-corrected chi connectivity index (χ4v) is 7.02. The van der Waals surface area contributed by atoms with E-state index in [0.29, 0.717) is 43.5 Å². The summed E-state index contributed by atoms with van der Waals surface area (Å²) in [5.41, 5.74) is 3.27. The van der Waals surface area contributed by atoms with Gasteiger partial charge in [0.25, 0.3) is 5.91 Å². The average molecular weight is 744 g/mol. The molecule has 288 valence electrons. The van der Waals surface area contributed by atoms with E-state index in [1.165, 1.54) is 16.2 Å². The first-order chi connectivity index (χ1) is 24.9. The van der Waals surface area contributed by atoms with E-state index < -0.39 is 24.0 Å². The first-order valence-corrected chi connectivity index (χ1v) is 19.2. The molecule has 1 aromatic carbocycles. The number of hydrogen-bond donors (Lipinski definition) is 5. The highest BCUT2D eigenvalue weighted by atomic mass is 32.1. The molecule has 0 aliphatic carbocycles. The first kappa shape index (κ1) is 42.3. The van der Waals surface area contributed by atoms with E-state index in [4.69, 9.17) is 10.6 Å². The van der Waals surface area contributed by atoms with Crippen LogP contribution in [0.4, 0.5) is 0 Å². The molecule has 2 unspecified atom stereocenters. The number of aryl methyl sites for hydroxylation is 1. The monoisotopic (exact) mass is 743 g/mol. The number of piperidine rings is 1. The Morgan fingerprint density at radius 1 is 1.12 bits per heavy atom. The lowest BCUT2D eigenvalue weighted by atomic mass is 9.95. The van der Waals surface area contributed by atoms with Crippen LogP contribution in [0.1, 0.15) is 100 Å². The van der Waals surface area contributed by atoms with Gasteiger partial charge < -0.3 is 25.4 Å². The van der Waals surface area contributed by atoms with Crippen LogP contribution in [0.2, 0.25) is 0 Å². The Morgan fingerprint density at radius 3 is 2.50 bits per heavy atom. The molecule has 15 heteroatoms. The third-order valence-corrected chi connectivity index (χ3v) is 10.5. The number of rotatable bonds is 20. The van der Waals surface area contributed by atoms with Crippen molar-refractivity contribution in [3.8, 4) is 5.75 Å². The van der Waals surface area contributed by atoms with E-state index in [0.717, 1.165) is 31.4 Å². The van der Waals surface area contributed by atoms with Crippen LogP contribution in [0.25, 0.3) is 0 Å². The Morgan fingerprint density at radius 2 is 1.85 bits per heavy atom. The van der Waals surface area contributed by atoms with E-state index >= 15 is 0 Å². The second kappa shape index (κ2) is 21.4. The van der Waals surface area contributed by atoms with E-state index in [1.54, 1.807) is 36.6 Å². The number of nitrogens with zero attached hydrogens (tertiary/aromatic N) is 3. The van der Waals surface area contributed by atoms with Gasteiger partial charge in [-0.3, -0.25) is 34.3 Å². The Bertz CT molecular complexity index is 1470. The molecular weight excluding hydrogens is 687 g/mol. The van der Waals surface area contributed by atoms with Crippen LogP contribution < -0.4 is 21.9 Å². The minimum atomic E-state index is -0.777. The van der Waals surface area contributed by atoms with Crippen LogP contribution in [0.15, 0.2) is 29.6 Å². The standard InChI is InChI=1S/C37H57N7O7S/c1-6-11-32(46)51-23-44(37(50)33(24(3)7-2)41-36(49)30-12-8-9-18-43(30)5)19-10-13-31-40-29(22-52-31)35(48)39-27(20-25(4)34(47)42-38)21-26-14-16-28(45)17-15-26/h14-17,22,24-25,27,30,33,45H,6-13,18-21,23,38H2,1-5H3,(H,39,48)(H,41,49)(H,42,47)/t24?,25-,27+,30+,33?/m0/s1. The zero-order chi connectivity index (χ0) is 38.2. The van der Waals surface area contributed by atoms with Crippen molar-refractivity contribution < 1.29 is 33.8 Å². The number of aromatic hydroxyl groups is 1. The molecule has 5 atom stereocenters. The van der Waals surface area contributed by atoms with Crippen molar-refractivity contribution in [3.63, 3.8) is 0 Å². The average Bonchev–Trinajstić information content (AvgIpc) is 3.61. The lowest BCUT2D eigenvalue weighted by Crippen LogP contribution is -2.57. The molecule has 52 heavy (non-hydrogen) atoms. The normalized spacial score (nSPS) is 16.9. The topological polar surface area (TPSA) is 196 Å². The van der Waals surface area contributed by atoms with Gasteiger partial charge in [-0.25, -0.2) is 10.8 Å². The van der Waals surface area contributed by atoms with Crippen molar-refractivity contribution in [1.82, 2.24) is 30.8 Å². The van der Waals surface area contributed by atoms with Crippen molar-refractivity contribution in [2.24, 2.45) is 17.7 Å². The van der Waals surface area contributed by atoms with E-state index in [2.05, 4.69) is 21.0 Å². The van der Waals surface area contributed by atoms with Crippen molar-refractivity contribution >= 4 is 40.9 Å². The number of benzene rings is 1. The highest BCUT2D eigenvalue weighted by Gasteiger charge is 2.34. The third-order valence-electron chi connectivity index (χ3n) is 9.58. The fraction of sp³-hybridized carbons (Fsp3) is 0.622. The highest BCUT2D eigenvalue weighted by Crippen LogP contribution is 2.20. The molecule has 0 spiro atoms. The van der Waals surface area contributed by atoms with Crippen LogP contribution in [0.5, 0.6) is 5.75 Å². The van der Waals surface area contributed by atoms with Crippen molar-refractivity contribution in [3.05, 3.63) is 45.9 Å². The quantitative estimate of drug-likeness (QED) is 0.0442. The van der Waals surface area contributed by atoms with Crippen molar-refractivity contribution in [2.75, 3.05) is 26.9 Å². The van der Waals surface area contributed by atoms with Gasteiger partial charge in [-0.15, -0.1) is 11.3 Å². The van der Waals surface area contributed by atoms with Gasteiger partial charge in [0.15, 0.2) is 6.73 Å². The Hall–Kier alpha value is -4.08. The molecule has 1 aliphatic rings. The van der Waals surface area contributed by atoms with Crippen molar-refractivity contribution in [2.45, 2.75) is 110 Å². The molecule has 0 bridgehead atoms. The molecule has 6 N–H and O–H groups in total. The van der Waals surface area contributed by atoms with Crippen LogP contribution >= 0.6 is 11.3 Å². The molecule has 1 aliphatic heterocycles. The molecule has 1 saturated heterocycles. The summed E-state index contributed by atoms with van der Waals surface area (Å²) in [7, 11) is 1.93. The summed E-state index contributed by atoms with van der Waals surface area (Å²) in [5, 5.41) is 18.1. The number of likely N-dealkylation sites (tertiary alicyclic amines) is 1. The number of hydrazine groups is 1. The van der Waals surface area contributed by atoms with E-state index in [9.17, 15) is 29.1 Å². The molecule has 4 amide bonds. The van der Waals surface area contributed by atoms with Crippen LogP contribution in [-0.2, 0) is 36.8 Å². The summed E-state index contributed by atoms with van der Waals surface area (Å²) in [5.74, 6) is 3.25. The maximum Gasteiger partial charge on any atom is 0.307 e. The molecule has 14 nitrogen and oxygen atoms in total. The fourth-order valence-electron chi connectivity index (χ4n) is 6.20. The predicted octanol–water partition coefficient (Wildman–Crippen LogP) is 3.28. The maximum atomic E-state index is 14.0. The highest BCUT2D eigenvalue weighted by molar-refractivity contribution is 7.09. The van der Waals surface area contributed by atoms with E-state index in [1.807, 2.05) is 32.7 Å². The Balaban J connectivity index is 1.68. The van der Waals surface area contributed by atoms with Gasteiger partial charge in [-0.2, -0.15) is 0 Å². The first-order valence-electron chi connectivity index (χ1n) is 18.3. The molecule has 0 saturated carbocycles. The lowest BCUT2D eigenvalue weighted by Gasteiger charge is -2.35. The molecule has 2 heterocycles. The minimum absolute atomic E-state index is 0.130. The van der Waals surface area contributed by atoms with Gasteiger partial charge in [-0.05, 0) is 75.7 Å². The summed E-state index contributed by atoms with van der Waals surface area (Å²) in [6.45, 7) is 8.36. The second-order valence-corrected chi connectivity index (χ2v) is 14.7. The number of nitrogens with one attached hydrogen (secondary N) is 3. The molecule has 3 rings (SSSR count). The van der Waals surface area contributed by atoms with Gasteiger partial charge >= 0.3 is 5.97 Å². The van der Waals surface area contributed by atoms with Gasteiger partial charge in [-0.1, -0.05) is 52.7 Å². The molecule has 2 aromatic rings. The summed E-state index contributed by atoms with van der Waals surface area (Å²) in [6.07, 6.45) is 5.94. The lowest BCUT2D eigenvalue weighted by molar-refractivity contribution is -0.155. The van der Waals surface area contributed by atoms with Gasteiger partial charge in [0.2, 0.25) is 17.7 Å².